The van der Waals surface area contributed by atoms with Gasteiger partial charge in [0, 0.05) is 16.3 Å². The lowest BCUT2D eigenvalue weighted by Crippen LogP contribution is -2.49. The van der Waals surface area contributed by atoms with Gasteiger partial charge < -0.3 is 14.3 Å². The Hall–Kier alpha value is -3.34. The van der Waals surface area contributed by atoms with E-state index < -0.39 is 11.2 Å². The maximum absolute atomic E-state index is 10.4. The molecule has 0 fully saturated rings. The summed E-state index contributed by atoms with van der Waals surface area (Å²) in [6.07, 6.45) is 0. The molecule has 4 aromatic carbocycles. The van der Waals surface area contributed by atoms with Gasteiger partial charge in [-0.3, -0.25) is 0 Å². The predicted molar refractivity (Wildman–Crippen MR) is 143 cm³/mol. The SMILES string of the molecule is CC(C)(O)C(C)(C)O[B]c1ccc2c(c1)c1ccccc1n2-c1ccccc1-c1ccccc1. The highest BCUT2D eigenvalue weighted by Crippen LogP contribution is 2.35. The van der Waals surface area contributed by atoms with Crippen LogP contribution in [0.2, 0.25) is 0 Å². The van der Waals surface area contributed by atoms with E-state index in [0.717, 1.165) is 27.6 Å². The normalized spacial score (nSPS) is 12.4. The first-order valence-corrected chi connectivity index (χ1v) is 11.7. The minimum Gasteiger partial charge on any atom is -0.427 e. The molecule has 0 bridgehead atoms. The highest BCUT2D eigenvalue weighted by Gasteiger charge is 2.35. The van der Waals surface area contributed by atoms with Crippen LogP contribution in [0.1, 0.15) is 27.7 Å². The Morgan fingerprint density at radius 3 is 2.12 bits per heavy atom. The van der Waals surface area contributed by atoms with Gasteiger partial charge in [-0.2, -0.15) is 0 Å². The molecular weight excluding hydrogens is 417 g/mol. The fourth-order valence-electron chi connectivity index (χ4n) is 4.21. The summed E-state index contributed by atoms with van der Waals surface area (Å²) in [5, 5.41) is 12.8. The number of fused-ring (bicyclic) bond motifs is 3. The van der Waals surface area contributed by atoms with Gasteiger partial charge in [0.15, 0.2) is 0 Å². The zero-order valence-corrected chi connectivity index (χ0v) is 20.1. The summed E-state index contributed by atoms with van der Waals surface area (Å²) in [6.45, 7) is 7.33. The second kappa shape index (κ2) is 8.46. The molecule has 0 unspecified atom stereocenters. The Bertz CT molecular complexity index is 1460. The van der Waals surface area contributed by atoms with Gasteiger partial charge in [-0.1, -0.05) is 84.3 Å². The van der Waals surface area contributed by atoms with Crippen molar-refractivity contribution in [2.45, 2.75) is 38.9 Å². The minimum atomic E-state index is -0.967. The highest BCUT2D eigenvalue weighted by atomic mass is 16.5. The number of hydrogen-bond acceptors (Lipinski definition) is 2. The Balaban J connectivity index is 1.66. The third kappa shape index (κ3) is 3.94. The van der Waals surface area contributed by atoms with Crippen LogP contribution < -0.4 is 5.46 Å². The van der Waals surface area contributed by atoms with E-state index in [-0.39, 0.29) is 0 Å². The van der Waals surface area contributed by atoms with Crippen LogP contribution in [-0.4, -0.2) is 28.4 Å². The lowest BCUT2D eigenvalue weighted by Gasteiger charge is -2.37. The molecule has 169 valence electrons. The molecule has 5 rings (SSSR count). The van der Waals surface area contributed by atoms with E-state index >= 15 is 0 Å². The van der Waals surface area contributed by atoms with Crippen LogP contribution in [0.4, 0.5) is 0 Å². The first-order chi connectivity index (χ1) is 16.3. The van der Waals surface area contributed by atoms with Crippen molar-refractivity contribution in [2.75, 3.05) is 0 Å². The van der Waals surface area contributed by atoms with Crippen molar-refractivity contribution < 1.29 is 9.76 Å². The Labute approximate surface area is 201 Å². The van der Waals surface area contributed by atoms with Crippen molar-refractivity contribution in [3.63, 3.8) is 0 Å². The van der Waals surface area contributed by atoms with Crippen LogP contribution in [0.15, 0.2) is 97.1 Å². The summed E-state index contributed by atoms with van der Waals surface area (Å²) < 4.78 is 8.37. The Morgan fingerprint density at radius 2 is 1.35 bits per heavy atom. The largest absolute Gasteiger partial charge is 0.427 e. The van der Waals surface area contributed by atoms with Crippen molar-refractivity contribution in [2.24, 2.45) is 0 Å². The molecule has 0 spiro atoms. The highest BCUT2D eigenvalue weighted by molar-refractivity contribution is 6.47. The van der Waals surface area contributed by atoms with Crippen LogP contribution in [0.5, 0.6) is 0 Å². The molecule has 0 aliphatic rings. The molecule has 1 aromatic heterocycles. The standard InChI is InChI=1S/C30H29BNO2/c1-29(2,33)30(3,4)34-31-22-18-19-28-25(20-22)24-15-9-11-17-27(24)32(28)26-16-10-8-14-23(26)21-12-6-5-7-13-21/h5-20,33H,1-4H3. The van der Waals surface area contributed by atoms with Crippen LogP contribution in [0.25, 0.3) is 38.6 Å². The number of rotatable bonds is 6. The first-order valence-electron chi connectivity index (χ1n) is 11.7. The average Bonchev–Trinajstić information content (AvgIpc) is 3.16. The van der Waals surface area contributed by atoms with Crippen molar-refractivity contribution in [3.8, 4) is 16.8 Å². The number of nitrogens with zero attached hydrogens (tertiary/aromatic N) is 1. The summed E-state index contributed by atoms with van der Waals surface area (Å²) in [6, 6.07) is 34.0. The topological polar surface area (TPSA) is 34.4 Å². The van der Waals surface area contributed by atoms with Gasteiger partial charge in [0.25, 0.3) is 0 Å². The lowest BCUT2D eigenvalue weighted by molar-refractivity contribution is -0.0893. The molecule has 0 amide bonds. The molecular formula is C30H29BNO2. The van der Waals surface area contributed by atoms with E-state index in [9.17, 15) is 5.11 Å². The zero-order chi connectivity index (χ0) is 23.9. The van der Waals surface area contributed by atoms with Gasteiger partial charge in [0.05, 0.1) is 27.9 Å². The van der Waals surface area contributed by atoms with Gasteiger partial charge >= 0.3 is 7.48 Å². The van der Waals surface area contributed by atoms with Crippen molar-refractivity contribution in [1.29, 1.82) is 0 Å². The molecule has 3 nitrogen and oxygen atoms in total. The quantitative estimate of drug-likeness (QED) is 0.313. The van der Waals surface area contributed by atoms with Gasteiger partial charge in [-0.05, 0) is 51.5 Å². The molecule has 1 N–H and O–H groups in total. The third-order valence-corrected chi connectivity index (χ3v) is 6.89. The van der Waals surface area contributed by atoms with E-state index in [1.807, 2.05) is 19.9 Å². The van der Waals surface area contributed by atoms with Crippen LogP contribution in [0.3, 0.4) is 0 Å². The van der Waals surface area contributed by atoms with E-state index in [2.05, 4.69) is 95.6 Å². The number of benzene rings is 4. The third-order valence-electron chi connectivity index (χ3n) is 6.89. The fourth-order valence-corrected chi connectivity index (χ4v) is 4.21. The van der Waals surface area contributed by atoms with E-state index in [0.29, 0.717) is 0 Å². The van der Waals surface area contributed by atoms with Crippen molar-refractivity contribution >= 4 is 34.8 Å². The Morgan fingerprint density at radius 1 is 0.706 bits per heavy atom. The molecule has 0 aliphatic carbocycles. The fraction of sp³-hybridized carbons (Fsp3) is 0.200. The van der Waals surface area contributed by atoms with E-state index in [4.69, 9.17) is 4.65 Å². The number of para-hydroxylation sites is 2. The number of hydrogen-bond donors (Lipinski definition) is 1. The molecule has 0 aliphatic heterocycles. The molecule has 34 heavy (non-hydrogen) atoms. The zero-order valence-electron chi connectivity index (χ0n) is 20.1. The van der Waals surface area contributed by atoms with Crippen LogP contribution >= 0.6 is 0 Å². The maximum atomic E-state index is 10.4. The first kappa shape index (κ1) is 22.5. The predicted octanol–water partition coefficient (Wildman–Crippen LogP) is 6.26. The lowest BCUT2D eigenvalue weighted by atomic mass is 9.82. The molecule has 0 saturated heterocycles. The number of aliphatic hydroxyl groups is 1. The summed E-state index contributed by atoms with van der Waals surface area (Å²) >= 11 is 0. The molecule has 5 aromatic rings. The summed E-state index contributed by atoms with van der Waals surface area (Å²) in [5.41, 5.74) is 5.11. The van der Waals surface area contributed by atoms with Gasteiger partial charge in [-0.25, -0.2) is 0 Å². The minimum absolute atomic E-state index is 0.718. The summed E-state index contributed by atoms with van der Waals surface area (Å²) in [7, 11) is 1.75. The van der Waals surface area contributed by atoms with Crippen LogP contribution in [0, 0.1) is 0 Å². The maximum Gasteiger partial charge on any atom is 0.330 e. The van der Waals surface area contributed by atoms with Gasteiger partial charge in [0.2, 0.25) is 0 Å². The monoisotopic (exact) mass is 446 g/mol. The van der Waals surface area contributed by atoms with Crippen molar-refractivity contribution in [3.05, 3.63) is 97.1 Å². The second-order valence-corrected chi connectivity index (χ2v) is 9.82. The van der Waals surface area contributed by atoms with Gasteiger partial charge in [-0.15, -0.1) is 0 Å². The average molecular weight is 446 g/mol. The summed E-state index contributed by atoms with van der Waals surface area (Å²) in [4.78, 5) is 0. The van der Waals surface area contributed by atoms with Crippen molar-refractivity contribution in [1.82, 2.24) is 4.57 Å². The van der Waals surface area contributed by atoms with Gasteiger partial charge in [0.1, 0.15) is 0 Å². The molecule has 0 atom stereocenters. The van der Waals surface area contributed by atoms with E-state index in [1.165, 1.54) is 16.5 Å². The molecule has 4 heteroatoms. The second-order valence-electron chi connectivity index (χ2n) is 9.82. The van der Waals surface area contributed by atoms with E-state index in [1.54, 1.807) is 21.3 Å². The Kier molecular flexibility index (Phi) is 5.59. The molecule has 1 heterocycles. The smallest absolute Gasteiger partial charge is 0.330 e. The molecule has 1 radical (unpaired) electrons. The summed E-state index contributed by atoms with van der Waals surface area (Å²) in [5.74, 6) is 0. The molecule has 0 saturated carbocycles. The van der Waals surface area contributed by atoms with Crippen LogP contribution in [-0.2, 0) is 4.65 Å². The number of aromatic nitrogens is 1.